The molecule has 6 heteroatoms. The highest BCUT2D eigenvalue weighted by atomic mass is 16.4. The Labute approximate surface area is 117 Å². The molecule has 1 aromatic carbocycles. The molecule has 0 radical (unpaired) electrons. The summed E-state index contributed by atoms with van der Waals surface area (Å²) in [5.41, 5.74) is 6.05. The number of aryl methyl sites for hydroxylation is 1. The molecular formula is C14H18N2O4. The number of carbonyl (C=O) groups is 3. The zero-order valence-corrected chi connectivity index (χ0v) is 11.0. The van der Waals surface area contributed by atoms with Crippen LogP contribution in [0.25, 0.3) is 0 Å². The molecule has 0 aliphatic carbocycles. The largest absolute Gasteiger partial charge is 0.480 e. The quantitative estimate of drug-likeness (QED) is 0.641. The molecule has 0 aliphatic heterocycles. The van der Waals surface area contributed by atoms with Crippen LogP contribution in [0.1, 0.15) is 24.8 Å². The van der Waals surface area contributed by atoms with E-state index in [2.05, 4.69) is 5.32 Å². The number of hydrogen-bond acceptors (Lipinski definition) is 3. The minimum Gasteiger partial charge on any atom is -0.480 e. The van der Waals surface area contributed by atoms with E-state index in [-0.39, 0.29) is 6.42 Å². The number of carboxylic acid groups (broad SMARTS) is 1. The zero-order valence-electron chi connectivity index (χ0n) is 11.0. The fraction of sp³-hybridized carbons (Fsp3) is 0.357. The van der Waals surface area contributed by atoms with Crippen molar-refractivity contribution in [2.75, 3.05) is 0 Å². The third-order valence-corrected chi connectivity index (χ3v) is 2.75. The molecule has 0 fully saturated rings. The van der Waals surface area contributed by atoms with Gasteiger partial charge in [0.15, 0.2) is 0 Å². The number of nitrogens with one attached hydrogen (secondary N) is 1. The number of primary amides is 1. The average Bonchev–Trinajstić information content (AvgIpc) is 2.38. The normalized spacial score (nSPS) is 11.6. The molecule has 2 amide bonds. The van der Waals surface area contributed by atoms with Gasteiger partial charge in [-0.15, -0.1) is 0 Å². The van der Waals surface area contributed by atoms with Crippen LogP contribution in [0.15, 0.2) is 30.3 Å². The first kappa shape index (κ1) is 15.7. The average molecular weight is 278 g/mol. The van der Waals surface area contributed by atoms with Crippen molar-refractivity contribution in [3.8, 4) is 0 Å². The Morgan fingerprint density at radius 1 is 1.20 bits per heavy atom. The highest BCUT2D eigenvalue weighted by Crippen LogP contribution is 2.04. The van der Waals surface area contributed by atoms with E-state index in [0.29, 0.717) is 6.42 Å². The van der Waals surface area contributed by atoms with Crippen molar-refractivity contribution in [3.63, 3.8) is 0 Å². The van der Waals surface area contributed by atoms with Gasteiger partial charge in [0.2, 0.25) is 11.8 Å². The number of rotatable bonds is 8. The minimum atomic E-state index is -1.26. The van der Waals surface area contributed by atoms with Gasteiger partial charge in [-0.1, -0.05) is 30.3 Å². The van der Waals surface area contributed by atoms with Gasteiger partial charge < -0.3 is 16.2 Å². The minimum absolute atomic E-state index is 0.206. The van der Waals surface area contributed by atoms with Crippen LogP contribution in [-0.2, 0) is 20.8 Å². The van der Waals surface area contributed by atoms with Gasteiger partial charge in [-0.2, -0.15) is 0 Å². The number of hydrogen-bond donors (Lipinski definition) is 3. The first-order valence-corrected chi connectivity index (χ1v) is 6.33. The van der Waals surface area contributed by atoms with Gasteiger partial charge in [-0.25, -0.2) is 4.79 Å². The predicted octanol–water partition coefficient (Wildman–Crippen LogP) is 0.454. The molecule has 0 spiro atoms. The molecule has 0 aromatic heterocycles. The van der Waals surface area contributed by atoms with Gasteiger partial charge in [-0.05, 0) is 18.4 Å². The van der Waals surface area contributed by atoms with Gasteiger partial charge in [0.05, 0.1) is 6.42 Å². The van der Waals surface area contributed by atoms with Crippen molar-refractivity contribution in [3.05, 3.63) is 35.9 Å². The molecular weight excluding hydrogens is 260 g/mol. The molecule has 1 atom stereocenters. The summed E-state index contributed by atoms with van der Waals surface area (Å²) in [7, 11) is 0. The topological polar surface area (TPSA) is 109 Å². The standard InChI is InChI=1S/C14H18N2O4/c15-12(17)9-11(14(19)20)16-13(18)8-4-7-10-5-2-1-3-6-10/h1-3,5-6,11H,4,7-9H2,(H2,15,17)(H,16,18)(H,19,20). The fourth-order valence-electron chi connectivity index (χ4n) is 1.77. The number of carbonyl (C=O) groups excluding carboxylic acids is 2. The second kappa shape index (κ2) is 7.93. The van der Waals surface area contributed by atoms with E-state index in [0.717, 1.165) is 12.0 Å². The number of aliphatic carboxylic acids is 1. The van der Waals surface area contributed by atoms with Crippen LogP contribution in [0.4, 0.5) is 0 Å². The van der Waals surface area contributed by atoms with Crippen molar-refractivity contribution >= 4 is 17.8 Å². The van der Waals surface area contributed by atoms with Crippen LogP contribution in [0.3, 0.4) is 0 Å². The highest BCUT2D eigenvalue weighted by molar-refractivity contribution is 5.88. The summed E-state index contributed by atoms with van der Waals surface area (Å²) in [6.45, 7) is 0. The summed E-state index contributed by atoms with van der Waals surface area (Å²) < 4.78 is 0. The van der Waals surface area contributed by atoms with Crippen LogP contribution in [0, 0.1) is 0 Å². The maximum Gasteiger partial charge on any atom is 0.326 e. The van der Waals surface area contributed by atoms with Crippen molar-refractivity contribution in [1.82, 2.24) is 5.32 Å². The Balaban J connectivity index is 2.35. The Hall–Kier alpha value is -2.37. The monoisotopic (exact) mass is 278 g/mol. The molecule has 0 aliphatic rings. The van der Waals surface area contributed by atoms with Gasteiger partial charge in [-0.3, -0.25) is 9.59 Å². The lowest BCUT2D eigenvalue weighted by Crippen LogP contribution is -2.43. The third kappa shape index (κ3) is 5.99. The molecule has 108 valence electrons. The molecule has 0 heterocycles. The number of benzene rings is 1. The third-order valence-electron chi connectivity index (χ3n) is 2.75. The van der Waals surface area contributed by atoms with E-state index in [9.17, 15) is 14.4 Å². The lowest BCUT2D eigenvalue weighted by Gasteiger charge is -2.12. The van der Waals surface area contributed by atoms with E-state index in [4.69, 9.17) is 10.8 Å². The lowest BCUT2D eigenvalue weighted by molar-refractivity contribution is -0.143. The smallest absolute Gasteiger partial charge is 0.326 e. The summed E-state index contributed by atoms with van der Waals surface area (Å²) >= 11 is 0. The molecule has 1 aromatic rings. The van der Waals surface area contributed by atoms with Crippen molar-refractivity contribution < 1.29 is 19.5 Å². The zero-order chi connectivity index (χ0) is 15.0. The summed E-state index contributed by atoms with van der Waals surface area (Å²) in [6.07, 6.45) is 1.15. The van der Waals surface area contributed by atoms with Crippen molar-refractivity contribution in [2.24, 2.45) is 5.73 Å². The SMILES string of the molecule is NC(=O)CC(NC(=O)CCCc1ccccc1)C(=O)O. The van der Waals surface area contributed by atoms with Gasteiger partial charge in [0.1, 0.15) is 6.04 Å². The van der Waals surface area contributed by atoms with Crippen LogP contribution >= 0.6 is 0 Å². The van der Waals surface area contributed by atoms with Gasteiger partial charge in [0, 0.05) is 6.42 Å². The van der Waals surface area contributed by atoms with Crippen LogP contribution in [-0.4, -0.2) is 28.9 Å². The first-order valence-electron chi connectivity index (χ1n) is 6.33. The second-order valence-corrected chi connectivity index (χ2v) is 4.47. The molecule has 1 unspecified atom stereocenters. The van der Waals surface area contributed by atoms with Crippen LogP contribution in [0.2, 0.25) is 0 Å². The summed E-state index contributed by atoms with van der Waals surface area (Å²) in [4.78, 5) is 33.1. The van der Waals surface area contributed by atoms with E-state index in [1.165, 1.54) is 0 Å². The molecule has 0 saturated heterocycles. The maximum atomic E-state index is 11.6. The van der Waals surface area contributed by atoms with Gasteiger partial charge >= 0.3 is 5.97 Å². The summed E-state index contributed by atoms with van der Waals surface area (Å²) in [6, 6.07) is 8.43. The molecule has 6 nitrogen and oxygen atoms in total. The van der Waals surface area contributed by atoms with E-state index >= 15 is 0 Å². The lowest BCUT2D eigenvalue weighted by atomic mass is 10.1. The van der Waals surface area contributed by atoms with E-state index < -0.39 is 30.2 Å². The maximum absolute atomic E-state index is 11.6. The van der Waals surface area contributed by atoms with Crippen LogP contribution < -0.4 is 11.1 Å². The Bertz CT molecular complexity index is 473. The Morgan fingerprint density at radius 2 is 1.85 bits per heavy atom. The Morgan fingerprint density at radius 3 is 2.40 bits per heavy atom. The Kier molecular flexibility index (Phi) is 6.22. The second-order valence-electron chi connectivity index (χ2n) is 4.47. The van der Waals surface area contributed by atoms with Crippen molar-refractivity contribution in [2.45, 2.75) is 31.7 Å². The number of carboxylic acids is 1. The molecule has 20 heavy (non-hydrogen) atoms. The molecule has 1 rings (SSSR count). The first-order chi connectivity index (χ1) is 9.49. The number of nitrogens with two attached hydrogens (primary N) is 1. The molecule has 4 N–H and O–H groups in total. The van der Waals surface area contributed by atoms with Gasteiger partial charge in [0.25, 0.3) is 0 Å². The van der Waals surface area contributed by atoms with E-state index in [1.807, 2.05) is 30.3 Å². The highest BCUT2D eigenvalue weighted by Gasteiger charge is 2.21. The van der Waals surface area contributed by atoms with Crippen molar-refractivity contribution in [1.29, 1.82) is 0 Å². The van der Waals surface area contributed by atoms with Crippen LogP contribution in [0.5, 0.6) is 0 Å². The molecule has 0 bridgehead atoms. The summed E-state index contributed by atoms with van der Waals surface area (Å²) in [5, 5.41) is 11.1. The van der Waals surface area contributed by atoms with E-state index in [1.54, 1.807) is 0 Å². The number of amides is 2. The molecule has 0 saturated carbocycles. The fourth-order valence-corrected chi connectivity index (χ4v) is 1.77. The summed E-state index contributed by atoms with van der Waals surface area (Å²) in [5.74, 6) is -2.42. The predicted molar refractivity (Wildman–Crippen MR) is 72.8 cm³/mol.